The van der Waals surface area contributed by atoms with Gasteiger partial charge in [-0.3, -0.25) is 9.78 Å². The summed E-state index contributed by atoms with van der Waals surface area (Å²) >= 11 is 13.2. The maximum atomic E-state index is 13.2. The van der Waals surface area contributed by atoms with E-state index in [0.29, 0.717) is 51.2 Å². The minimum Gasteiger partial charge on any atom is -0.339 e. The number of amides is 1. The maximum absolute atomic E-state index is 13.2. The summed E-state index contributed by atoms with van der Waals surface area (Å²) in [5, 5.41) is 6.75. The molecular weight excluding hydrogens is 549 g/mol. The lowest BCUT2D eigenvalue weighted by Gasteiger charge is -2.32. The maximum Gasteiger partial charge on any atom is 0.249 e. The number of carbonyl (C=O) groups excluding carboxylic acids is 1. The van der Waals surface area contributed by atoms with Crippen LogP contribution in [0.5, 0.6) is 0 Å². The number of anilines is 1. The second-order valence-electron chi connectivity index (χ2n) is 9.58. The van der Waals surface area contributed by atoms with E-state index >= 15 is 0 Å². The van der Waals surface area contributed by atoms with E-state index < -0.39 is 33.2 Å². The third-order valence-corrected chi connectivity index (χ3v) is 8.38. The number of alkyl halides is 2. The lowest BCUT2D eigenvalue weighted by molar-refractivity contribution is -0.115. The van der Waals surface area contributed by atoms with Crippen LogP contribution >= 0.6 is 23.2 Å². The normalized spacial score (nSPS) is 18.9. The van der Waals surface area contributed by atoms with Gasteiger partial charge in [0.2, 0.25) is 17.7 Å². The van der Waals surface area contributed by atoms with Crippen molar-refractivity contribution in [1.82, 2.24) is 15.1 Å². The quantitative estimate of drug-likeness (QED) is 0.357. The Hall–Kier alpha value is -2.63. The zero-order valence-electron chi connectivity index (χ0n) is 19.5. The molecule has 0 aliphatic heterocycles. The van der Waals surface area contributed by atoms with E-state index in [1.54, 1.807) is 31.2 Å². The molecule has 5 rings (SSSR count). The molecule has 2 aromatic heterocycles. The highest BCUT2D eigenvalue weighted by atomic mass is 35.5. The van der Waals surface area contributed by atoms with Crippen molar-refractivity contribution in [3.05, 3.63) is 69.0 Å². The Balaban J connectivity index is 1.28. The van der Waals surface area contributed by atoms with Gasteiger partial charge in [0.05, 0.1) is 17.1 Å². The first-order valence-corrected chi connectivity index (χ1v) is 13.6. The zero-order valence-corrected chi connectivity index (χ0v) is 21.9. The molecule has 196 valence electrons. The monoisotopic (exact) mass is 570 g/mol. The van der Waals surface area contributed by atoms with Crippen molar-refractivity contribution in [2.24, 2.45) is 0 Å². The lowest BCUT2D eigenvalue weighted by atomic mass is 9.81. The van der Waals surface area contributed by atoms with E-state index in [4.69, 9.17) is 27.7 Å². The molecule has 1 atom stereocenters. The van der Waals surface area contributed by atoms with Crippen LogP contribution in [0, 0.1) is 0 Å². The van der Waals surface area contributed by atoms with Gasteiger partial charge < -0.3 is 9.84 Å². The first-order valence-electron chi connectivity index (χ1n) is 11.6. The van der Waals surface area contributed by atoms with E-state index in [9.17, 15) is 22.0 Å². The number of aromatic nitrogens is 3. The molecule has 2 fully saturated rings. The van der Waals surface area contributed by atoms with Crippen LogP contribution in [0.4, 0.5) is 14.5 Å². The van der Waals surface area contributed by atoms with Crippen molar-refractivity contribution in [1.29, 1.82) is 0 Å². The molecule has 8 nitrogen and oxygen atoms in total. The second-order valence-corrected chi connectivity index (χ2v) is 11.7. The number of benzene rings is 1. The van der Waals surface area contributed by atoms with Crippen molar-refractivity contribution in [3.63, 3.8) is 0 Å². The third-order valence-electron chi connectivity index (χ3n) is 6.85. The van der Waals surface area contributed by atoms with E-state index in [1.807, 2.05) is 0 Å². The Labute approximate surface area is 222 Å². The van der Waals surface area contributed by atoms with Gasteiger partial charge in [-0.1, -0.05) is 34.4 Å². The van der Waals surface area contributed by atoms with Gasteiger partial charge in [0.1, 0.15) is 10.7 Å². The number of rotatable bonds is 8. The highest BCUT2D eigenvalue weighted by Crippen LogP contribution is 2.57. The molecule has 2 aliphatic carbocycles. The predicted molar refractivity (Wildman–Crippen MR) is 133 cm³/mol. The highest BCUT2D eigenvalue weighted by Gasteiger charge is 2.54. The fourth-order valence-corrected chi connectivity index (χ4v) is 5.77. The summed E-state index contributed by atoms with van der Waals surface area (Å²) in [6.45, 7) is 1.56. The number of hydrogen-bond acceptors (Lipinski definition) is 7. The van der Waals surface area contributed by atoms with Crippen LogP contribution < -0.4 is 5.32 Å². The zero-order chi connectivity index (χ0) is 26.5. The lowest BCUT2D eigenvalue weighted by Crippen LogP contribution is -2.33. The van der Waals surface area contributed by atoms with Gasteiger partial charge in [-0.2, -0.15) is 4.98 Å². The van der Waals surface area contributed by atoms with E-state index in [1.165, 1.54) is 6.20 Å². The number of halogens is 4. The summed E-state index contributed by atoms with van der Waals surface area (Å²) in [6.07, 6.45) is 2.12. The summed E-state index contributed by atoms with van der Waals surface area (Å²) < 4.78 is 54.0. The molecule has 0 spiro atoms. The van der Waals surface area contributed by atoms with Gasteiger partial charge in [-0.15, -0.1) is 0 Å². The van der Waals surface area contributed by atoms with Crippen molar-refractivity contribution < 1.29 is 26.5 Å². The standard InChI is InChI=1S/C24H22Cl2F2N4O4S/c1-12(37(34)35)13-2-3-15(29-11-13)8-19(33)30-16-6-17(25)20(18(26)7-16)23(4-5-23)22-31-21(36-32-22)14-9-24(27,28)10-14/h2-3,6-7,11-12,14,37H,4-5,8-10H2,1H3,(H,30,33). The Morgan fingerprint density at radius 3 is 2.43 bits per heavy atom. The molecule has 3 aromatic rings. The molecule has 2 saturated carbocycles. The molecule has 2 heterocycles. The van der Waals surface area contributed by atoms with Crippen LogP contribution in [0.25, 0.3) is 0 Å². The molecular formula is C24H22Cl2F2N4O4S. The minimum absolute atomic E-state index is 0.0368. The number of hydrogen-bond donors (Lipinski definition) is 2. The molecule has 37 heavy (non-hydrogen) atoms. The first-order chi connectivity index (χ1) is 17.5. The van der Waals surface area contributed by atoms with Crippen LogP contribution in [-0.2, 0) is 27.3 Å². The van der Waals surface area contributed by atoms with Crippen LogP contribution in [0.15, 0.2) is 35.0 Å². The van der Waals surface area contributed by atoms with Crippen LogP contribution in [0.1, 0.15) is 72.3 Å². The average Bonchev–Trinajstić information content (AvgIpc) is 3.43. The smallest absolute Gasteiger partial charge is 0.249 e. The fourth-order valence-electron chi connectivity index (χ4n) is 4.52. The molecule has 1 unspecified atom stereocenters. The van der Waals surface area contributed by atoms with Crippen molar-refractivity contribution in [2.75, 3.05) is 5.32 Å². The summed E-state index contributed by atoms with van der Waals surface area (Å²) in [4.78, 5) is 21.1. The van der Waals surface area contributed by atoms with Crippen molar-refractivity contribution >= 4 is 45.5 Å². The van der Waals surface area contributed by atoms with E-state index in [2.05, 4.69) is 20.4 Å². The Morgan fingerprint density at radius 2 is 1.89 bits per heavy atom. The summed E-state index contributed by atoms with van der Waals surface area (Å²) in [6, 6.07) is 6.39. The first kappa shape index (κ1) is 26.0. The van der Waals surface area contributed by atoms with Crippen molar-refractivity contribution in [3.8, 4) is 0 Å². The number of pyridine rings is 1. The van der Waals surface area contributed by atoms with Gasteiger partial charge in [-0.05, 0) is 43.5 Å². The van der Waals surface area contributed by atoms with Gasteiger partial charge in [0, 0.05) is 51.9 Å². The molecule has 0 radical (unpaired) electrons. The Kier molecular flexibility index (Phi) is 6.74. The topological polar surface area (TPSA) is 115 Å². The Bertz CT molecular complexity index is 1400. The third kappa shape index (κ3) is 5.21. The van der Waals surface area contributed by atoms with Gasteiger partial charge in [0.15, 0.2) is 5.82 Å². The van der Waals surface area contributed by atoms with Crippen LogP contribution in [0.3, 0.4) is 0 Å². The SMILES string of the molecule is CC(c1ccc(CC(=O)Nc2cc(Cl)c(C3(c4noc(C5CC(F)(F)C5)n4)CC3)c(Cl)c2)nc1)[SH](=O)=O. The Morgan fingerprint density at radius 1 is 1.22 bits per heavy atom. The van der Waals surface area contributed by atoms with Gasteiger partial charge in [-0.25, -0.2) is 17.2 Å². The molecule has 1 amide bonds. The minimum atomic E-state index is -2.69. The summed E-state index contributed by atoms with van der Waals surface area (Å²) in [5.74, 6) is -2.95. The van der Waals surface area contributed by atoms with E-state index in [0.717, 1.165) is 0 Å². The molecule has 1 N–H and O–H groups in total. The number of carbonyl (C=O) groups is 1. The highest BCUT2D eigenvalue weighted by molar-refractivity contribution is 7.72. The number of nitrogens with zero attached hydrogens (tertiary/aromatic N) is 3. The number of nitrogens with one attached hydrogen (secondary N) is 1. The molecule has 13 heteroatoms. The van der Waals surface area contributed by atoms with Crippen LogP contribution in [0.2, 0.25) is 10.0 Å². The molecule has 1 aromatic carbocycles. The predicted octanol–water partition coefficient (Wildman–Crippen LogP) is 5.22. The second kappa shape index (κ2) is 9.59. The molecule has 2 aliphatic rings. The van der Waals surface area contributed by atoms with Crippen LogP contribution in [-0.4, -0.2) is 35.4 Å². The fraction of sp³-hybridized carbons (Fsp3) is 0.417. The van der Waals surface area contributed by atoms with Gasteiger partial charge in [0.25, 0.3) is 0 Å². The summed E-state index contributed by atoms with van der Waals surface area (Å²) in [7, 11) is -2.61. The van der Waals surface area contributed by atoms with E-state index in [-0.39, 0.29) is 31.1 Å². The molecule has 0 bridgehead atoms. The van der Waals surface area contributed by atoms with Crippen molar-refractivity contribution in [2.45, 2.75) is 61.5 Å². The number of thiol groups is 1. The molecule has 0 saturated heterocycles. The largest absolute Gasteiger partial charge is 0.339 e. The average molecular weight is 571 g/mol. The van der Waals surface area contributed by atoms with Gasteiger partial charge >= 0.3 is 0 Å². The summed E-state index contributed by atoms with van der Waals surface area (Å²) in [5.41, 5.74) is 1.34.